The van der Waals surface area contributed by atoms with E-state index in [0.29, 0.717) is 0 Å². The minimum absolute atomic E-state index is 0.902. The van der Waals surface area contributed by atoms with Gasteiger partial charge in [-0.1, -0.05) is 6.07 Å². The van der Waals surface area contributed by atoms with Crippen molar-refractivity contribution in [1.82, 2.24) is 9.80 Å². The molecule has 0 unspecified atom stereocenters. The first-order chi connectivity index (χ1) is 12.3. The normalized spacial score (nSPS) is 18.4. The number of nitrogens with one attached hydrogen (secondary N) is 1. The van der Waals surface area contributed by atoms with Gasteiger partial charge in [-0.3, -0.25) is 4.90 Å². The van der Waals surface area contributed by atoms with Gasteiger partial charge in [0.15, 0.2) is 0 Å². The van der Waals surface area contributed by atoms with Crippen molar-refractivity contribution in [3.8, 4) is 0 Å². The maximum absolute atomic E-state index is 5.42. The molecule has 0 spiro atoms. The van der Waals surface area contributed by atoms with Crippen LogP contribution in [-0.4, -0.2) is 82.9 Å². The zero-order valence-corrected chi connectivity index (χ0v) is 16.0. The number of fused-ring (bicyclic) bond motifs is 1. The van der Waals surface area contributed by atoms with Gasteiger partial charge in [0.25, 0.3) is 0 Å². The van der Waals surface area contributed by atoms with E-state index in [4.69, 9.17) is 4.74 Å². The monoisotopic (exact) mass is 346 g/mol. The van der Waals surface area contributed by atoms with Gasteiger partial charge < -0.3 is 19.9 Å². The van der Waals surface area contributed by atoms with Crippen molar-refractivity contribution in [2.24, 2.45) is 0 Å². The van der Waals surface area contributed by atoms with Crippen LogP contribution in [0.4, 0.5) is 11.4 Å². The molecule has 1 aromatic rings. The minimum atomic E-state index is 0.902. The SMILES string of the molecule is CNc1ccc2c(c1)N(CCN(C)CCCN1CCOCC1)CCC2. The summed E-state index contributed by atoms with van der Waals surface area (Å²) >= 11 is 0. The largest absolute Gasteiger partial charge is 0.388 e. The van der Waals surface area contributed by atoms with E-state index in [-0.39, 0.29) is 0 Å². The number of benzene rings is 1. The third kappa shape index (κ3) is 5.33. The summed E-state index contributed by atoms with van der Waals surface area (Å²) in [5, 5.41) is 3.27. The Hall–Kier alpha value is -1.30. The molecule has 1 N–H and O–H groups in total. The molecule has 0 radical (unpaired) electrons. The van der Waals surface area contributed by atoms with Crippen molar-refractivity contribution in [2.45, 2.75) is 19.3 Å². The molecule has 0 bridgehead atoms. The van der Waals surface area contributed by atoms with Crippen LogP contribution in [0.1, 0.15) is 18.4 Å². The Morgan fingerprint density at radius 2 is 1.96 bits per heavy atom. The van der Waals surface area contributed by atoms with Crippen LogP contribution >= 0.6 is 0 Å². The molecule has 0 saturated carbocycles. The van der Waals surface area contributed by atoms with Crippen LogP contribution in [-0.2, 0) is 11.2 Å². The van der Waals surface area contributed by atoms with Crippen molar-refractivity contribution in [1.29, 1.82) is 0 Å². The summed E-state index contributed by atoms with van der Waals surface area (Å²) in [5.41, 5.74) is 4.14. The van der Waals surface area contributed by atoms with Crippen LogP contribution in [0.3, 0.4) is 0 Å². The average Bonchev–Trinajstić information content (AvgIpc) is 2.66. The fourth-order valence-corrected chi connectivity index (χ4v) is 3.83. The molecule has 1 saturated heterocycles. The molecule has 5 heteroatoms. The van der Waals surface area contributed by atoms with Gasteiger partial charge in [-0.05, 0) is 57.1 Å². The molecule has 140 valence electrons. The lowest BCUT2D eigenvalue weighted by Gasteiger charge is -2.33. The molecule has 2 aliphatic heterocycles. The number of hydrogen-bond donors (Lipinski definition) is 1. The van der Waals surface area contributed by atoms with E-state index < -0.39 is 0 Å². The summed E-state index contributed by atoms with van der Waals surface area (Å²) in [6.07, 6.45) is 3.73. The van der Waals surface area contributed by atoms with Gasteiger partial charge in [-0.2, -0.15) is 0 Å². The van der Waals surface area contributed by atoms with Crippen LogP contribution in [0.2, 0.25) is 0 Å². The van der Waals surface area contributed by atoms with E-state index in [2.05, 4.69) is 45.3 Å². The number of rotatable bonds is 8. The molecule has 2 heterocycles. The highest BCUT2D eigenvalue weighted by molar-refractivity contribution is 5.63. The smallest absolute Gasteiger partial charge is 0.0594 e. The van der Waals surface area contributed by atoms with Crippen LogP contribution in [0.15, 0.2) is 18.2 Å². The van der Waals surface area contributed by atoms with E-state index in [1.807, 2.05) is 7.05 Å². The Morgan fingerprint density at radius 1 is 1.12 bits per heavy atom. The zero-order valence-electron chi connectivity index (χ0n) is 16.0. The van der Waals surface area contributed by atoms with Gasteiger partial charge >= 0.3 is 0 Å². The summed E-state index contributed by atoms with van der Waals surface area (Å²) in [5.74, 6) is 0. The lowest BCUT2D eigenvalue weighted by molar-refractivity contribution is 0.0364. The predicted molar refractivity (Wildman–Crippen MR) is 106 cm³/mol. The Morgan fingerprint density at radius 3 is 2.76 bits per heavy atom. The molecule has 1 aromatic carbocycles. The Bertz CT molecular complexity index is 530. The Balaban J connectivity index is 1.42. The number of anilines is 2. The number of aryl methyl sites for hydroxylation is 1. The molecule has 0 atom stereocenters. The van der Waals surface area contributed by atoms with Gasteiger partial charge in [-0.15, -0.1) is 0 Å². The number of hydrogen-bond acceptors (Lipinski definition) is 5. The van der Waals surface area contributed by atoms with Gasteiger partial charge in [0.1, 0.15) is 0 Å². The van der Waals surface area contributed by atoms with E-state index in [1.165, 1.54) is 55.8 Å². The van der Waals surface area contributed by atoms with Crippen LogP contribution in [0.25, 0.3) is 0 Å². The van der Waals surface area contributed by atoms with Gasteiger partial charge in [0.2, 0.25) is 0 Å². The minimum Gasteiger partial charge on any atom is -0.388 e. The molecule has 0 aliphatic carbocycles. The van der Waals surface area contributed by atoms with Crippen LogP contribution in [0.5, 0.6) is 0 Å². The van der Waals surface area contributed by atoms with Gasteiger partial charge in [0.05, 0.1) is 13.2 Å². The zero-order chi connectivity index (χ0) is 17.5. The molecule has 0 amide bonds. The second kappa shape index (κ2) is 9.41. The number of likely N-dealkylation sites (N-methyl/N-ethyl adjacent to an activating group) is 1. The third-order valence-electron chi connectivity index (χ3n) is 5.46. The maximum Gasteiger partial charge on any atom is 0.0594 e. The fourth-order valence-electron chi connectivity index (χ4n) is 3.83. The summed E-state index contributed by atoms with van der Waals surface area (Å²) in [4.78, 5) is 7.58. The number of ether oxygens (including phenoxy) is 1. The second-order valence-electron chi connectivity index (χ2n) is 7.29. The standard InChI is InChI=1S/C20H34N4O/c1-21-19-7-6-18-5-3-10-24(20(18)17-19)12-11-22(2)8-4-9-23-13-15-25-16-14-23/h6-7,17,21H,3-5,8-16H2,1-2H3. The summed E-state index contributed by atoms with van der Waals surface area (Å²) in [7, 11) is 4.26. The third-order valence-corrected chi connectivity index (χ3v) is 5.46. The molecule has 2 aliphatic rings. The van der Waals surface area contributed by atoms with E-state index in [1.54, 1.807) is 0 Å². The first kappa shape index (κ1) is 18.5. The average molecular weight is 347 g/mol. The summed E-state index contributed by atoms with van der Waals surface area (Å²) < 4.78 is 5.42. The van der Waals surface area contributed by atoms with Crippen molar-refractivity contribution >= 4 is 11.4 Å². The fraction of sp³-hybridized carbons (Fsp3) is 0.700. The van der Waals surface area contributed by atoms with Gasteiger partial charge in [0, 0.05) is 51.1 Å². The lowest BCUT2D eigenvalue weighted by Crippen LogP contribution is -2.39. The number of nitrogens with zero attached hydrogens (tertiary/aromatic N) is 3. The second-order valence-corrected chi connectivity index (χ2v) is 7.29. The molecule has 0 aromatic heterocycles. The quantitative estimate of drug-likeness (QED) is 0.779. The first-order valence-corrected chi connectivity index (χ1v) is 9.80. The topological polar surface area (TPSA) is 31.0 Å². The number of morpholine rings is 1. The van der Waals surface area contributed by atoms with E-state index >= 15 is 0 Å². The highest BCUT2D eigenvalue weighted by Gasteiger charge is 2.17. The Kier molecular flexibility index (Phi) is 6.96. The lowest BCUT2D eigenvalue weighted by atomic mass is 10.0. The molecule has 5 nitrogen and oxygen atoms in total. The van der Waals surface area contributed by atoms with E-state index in [9.17, 15) is 0 Å². The van der Waals surface area contributed by atoms with Gasteiger partial charge in [-0.25, -0.2) is 0 Å². The van der Waals surface area contributed by atoms with Crippen molar-refractivity contribution in [2.75, 3.05) is 83.3 Å². The molecule has 1 fully saturated rings. The molecular formula is C20H34N4O. The highest BCUT2D eigenvalue weighted by atomic mass is 16.5. The van der Waals surface area contributed by atoms with Crippen LogP contribution in [0, 0.1) is 0 Å². The molecular weight excluding hydrogens is 312 g/mol. The van der Waals surface area contributed by atoms with Crippen LogP contribution < -0.4 is 10.2 Å². The van der Waals surface area contributed by atoms with E-state index in [0.717, 1.165) is 39.4 Å². The highest BCUT2D eigenvalue weighted by Crippen LogP contribution is 2.29. The maximum atomic E-state index is 5.42. The Labute approximate surface area is 152 Å². The summed E-state index contributed by atoms with van der Waals surface area (Å²) in [6.45, 7) is 9.81. The van der Waals surface area contributed by atoms with Crippen molar-refractivity contribution in [3.05, 3.63) is 23.8 Å². The molecule has 25 heavy (non-hydrogen) atoms. The molecule has 3 rings (SSSR count). The summed E-state index contributed by atoms with van der Waals surface area (Å²) in [6, 6.07) is 6.80. The van der Waals surface area contributed by atoms with Crippen molar-refractivity contribution in [3.63, 3.8) is 0 Å². The predicted octanol–water partition coefficient (Wildman–Crippen LogP) is 2.13. The van der Waals surface area contributed by atoms with Crippen molar-refractivity contribution < 1.29 is 4.74 Å². The first-order valence-electron chi connectivity index (χ1n) is 9.80.